The molecule has 0 aromatic heterocycles. The number of rotatable bonds is 4. The Labute approximate surface area is 127 Å². The van der Waals surface area contributed by atoms with Crippen molar-refractivity contribution in [3.05, 3.63) is 35.9 Å². The molecule has 0 amide bonds. The van der Waals surface area contributed by atoms with Gasteiger partial charge in [0, 0.05) is 13.3 Å². The summed E-state index contributed by atoms with van der Waals surface area (Å²) in [5.74, 6) is -1.23. The van der Waals surface area contributed by atoms with Crippen LogP contribution in [0.3, 0.4) is 0 Å². The Hall–Kier alpha value is -1.96. The van der Waals surface area contributed by atoms with Crippen LogP contribution in [0.4, 0.5) is 0 Å². The van der Waals surface area contributed by atoms with E-state index in [9.17, 15) is 14.7 Å². The van der Waals surface area contributed by atoms with Crippen molar-refractivity contribution in [2.45, 2.75) is 37.9 Å². The van der Waals surface area contributed by atoms with Gasteiger partial charge in [-0.1, -0.05) is 18.2 Å². The molecule has 7 nitrogen and oxygen atoms in total. The molecule has 0 spiro atoms. The van der Waals surface area contributed by atoms with Gasteiger partial charge in [0.05, 0.1) is 18.3 Å². The molecule has 0 saturated carbocycles. The molecule has 0 unspecified atom stereocenters. The standard InChI is InChI=1S/C15H18O7/c1-9(17)20-13-12(7-11(8-16)21-15(13)19)22-14(18)10-5-3-2-4-6-10/h2-6,11-13,15-16,19H,7-8H2,1H3/t11-,12-,13+,15+/m0/s1. The number of hydrogen-bond acceptors (Lipinski definition) is 7. The molecule has 0 aliphatic carbocycles. The zero-order valence-electron chi connectivity index (χ0n) is 12.0. The summed E-state index contributed by atoms with van der Waals surface area (Å²) >= 11 is 0. The zero-order valence-corrected chi connectivity index (χ0v) is 12.0. The van der Waals surface area contributed by atoms with E-state index < -0.39 is 36.5 Å². The van der Waals surface area contributed by atoms with E-state index in [0.29, 0.717) is 5.56 Å². The van der Waals surface area contributed by atoms with E-state index in [1.54, 1.807) is 30.3 Å². The summed E-state index contributed by atoms with van der Waals surface area (Å²) in [4.78, 5) is 23.2. The number of aliphatic hydroxyl groups is 2. The van der Waals surface area contributed by atoms with Crippen molar-refractivity contribution in [3.8, 4) is 0 Å². The van der Waals surface area contributed by atoms with Crippen LogP contribution in [0.15, 0.2) is 30.3 Å². The maximum Gasteiger partial charge on any atom is 0.338 e. The van der Waals surface area contributed by atoms with Gasteiger partial charge >= 0.3 is 11.9 Å². The van der Waals surface area contributed by atoms with E-state index >= 15 is 0 Å². The first kappa shape index (κ1) is 16.4. The molecule has 2 N–H and O–H groups in total. The first-order valence-electron chi connectivity index (χ1n) is 6.89. The molecule has 1 saturated heterocycles. The molecule has 1 aliphatic rings. The van der Waals surface area contributed by atoms with Crippen LogP contribution in [0.5, 0.6) is 0 Å². The van der Waals surface area contributed by atoms with Gasteiger partial charge < -0.3 is 24.4 Å². The smallest absolute Gasteiger partial charge is 0.338 e. The van der Waals surface area contributed by atoms with E-state index in [1.165, 1.54) is 6.92 Å². The minimum Gasteiger partial charge on any atom is -0.455 e. The number of aliphatic hydroxyl groups excluding tert-OH is 2. The molecule has 1 aromatic rings. The normalized spacial score (nSPS) is 28.0. The molecule has 0 bridgehead atoms. The van der Waals surface area contributed by atoms with Gasteiger partial charge in [0.25, 0.3) is 0 Å². The van der Waals surface area contributed by atoms with Crippen molar-refractivity contribution < 1.29 is 34.0 Å². The average Bonchev–Trinajstić information content (AvgIpc) is 2.50. The second-order valence-corrected chi connectivity index (χ2v) is 4.95. The Morgan fingerprint density at radius 3 is 2.55 bits per heavy atom. The van der Waals surface area contributed by atoms with Crippen LogP contribution in [0.2, 0.25) is 0 Å². The van der Waals surface area contributed by atoms with Crippen molar-refractivity contribution in [1.29, 1.82) is 0 Å². The first-order chi connectivity index (χ1) is 10.5. The molecule has 22 heavy (non-hydrogen) atoms. The van der Waals surface area contributed by atoms with Crippen LogP contribution < -0.4 is 0 Å². The predicted molar refractivity (Wildman–Crippen MR) is 73.8 cm³/mol. The lowest BCUT2D eigenvalue weighted by Crippen LogP contribution is -2.52. The molecule has 1 aromatic carbocycles. The summed E-state index contributed by atoms with van der Waals surface area (Å²) in [6.07, 6.45) is -4.09. The van der Waals surface area contributed by atoms with Gasteiger partial charge in [-0.05, 0) is 12.1 Å². The van der Waals surface area contributed by atoms with Crippen molar-refractivity contribution in [2.75, 3.05) is 6.61 Å². The van der Waals surface area contributed by atoms with E-state index in [1.807, 2.05) is 0 Å². The summed E-state index contributed by atoms with van der Waals surface area (Å²) in [5, 5.41) is 19.0. The molecular formula is C15H18O7. The van der Waals surface area contributed by atoms with E-state index in [2.05, 4.69) is 0 Å². The fourth-order valence-electron chi connectivity index (χ4n) is 2.25. The summed E-state index contributed by atoms with van der Waals surface area (Å²) in [7, 11) is 0. The highest BCUT2D eigenvalue weighted by Crippen LogP contribution is 2.25. The van der Waals surface area contributed by atoms with Crippen LogP contribution in [-0.4, -0.2) is 53.4 Å². The van der Waals surface area contributed by atoms with Gasteiger partial charge in [-0.2, -0.15) is 0 Å². The van der Waals surface area contributed by atoms with Crippen LogP contribution in [0, 0.1) is 0 Å². The zero-order chi connectivity index (χ0) is 16.1. The van der Waals surface area contributed by atoms with Crippen LogP contribution in [-0.2, 0) is 19.0 Å². The number of ether oxygens (including phenoxy) is 3. The molecule has 0 radical (unpaired) electrons. The topological polar surface area (TPSA) is 102 Å². The highest BCUT2D eigenvalue weighted by atomic mass is 16.7. The van der Waals surface area contributed by atoms with Crippen LogP contribution in [0.1, 0.15) is 23.7 Å². The second-order valence-electron chi connectivity index (χ2n) is 4.95. The quantitative estimate of drug-likeness (QED) is 0.768. The molecule has 7 heteroatoms. The van der Waals surface area contributed by atoms with Gasteiger partial charge in [-0.15, -0.1) is 0 Å². The Morgan fingerprint density at radius 1 is 1.27 bits per heavy atom. The molecule has 4 atom stereocenters. The number of esters is 2. The number of benzene rings is 1. The Kier molecular flexibility index (Phi) is 5.48. The van der Waals surface area contributed by atoms with Crippen molar-refractivity contribution >= 4 is 11.9 Å². The number of carbonyl (C=O) groups excluding carboxylic acids is 2. The highest BCUT2D eigenvalue weighted by Gasteiger charge is 2.42. The fourth-order valence-corrected chi connectivity index (χ4v) is 2.25. The second kappa shape index (κ2) is 7.35. The van der Waals surface area contributed by atoms with Crippen LogP contribution in [0.25, 0.3) is 0 Å². The van der Waals surface area contributed by atoms with E-state index in [4.69, 9.17) is 19.3 Å². The molecule has 120 valence electrons. The molecular weight excluding hydrogens is 292 g/mol. The monoisotopic (exact) mass is 310 g/mol. The minimum atomic E-state index is -1.47. The third-order valence-corrected chi connectivity index (χ3v) is 3.25. The Bertz CT molecular complexity index is 516. The molecule has 1 aliphatic heterocycles. The maximum atomic E-state index is 12.1. The van der Waals surface area contributed by atoms with Crippen molar-refractivity contribution in [2.24, 2.45) is 0 Å². The third kappa shape index (κ3) is 4.03. The average molecular weight is 310 g/mol. The van der Waals surface area contributed by atoms with Gasteiger partial charge in [0.1, 0.15) is 6.10 Å². The SMILES string of the molecule is CC(=O)O[C@H]1[C@H](O)O[C@H](CO)C[C@@H]1OC(=O)c1ccccc1. The molecule has 2 rings (SSSR count). The fraction of sp³-hybridized carbons (Fsp3) is 0.467. The van der Waals surface area contributed by atoms with Crippen LogP contribution >= 0.6 is 0 Å². The van der Waals surface area contributed by atoms with Crippen molar-refractivity contribution in [3.63, 3.8) is 0 Å². The largest absolute Gasteiger partial charge is 0.455 e. The van der Waals surface area contributed by atoms with Crippen molar-refractivity contribution in [1.82, 2.24) is 0 Å². The predicted octanol–water partition coefficient (Wildman–Crippen LogP) is 0.243. The summed E-state index contributed by atoms with van der Waals surface area (Å²) < 4.78 is 15.4. The maximum absolute atomic E-state index is 12.1. The number of carbonyl (C=O) groups is 2. The Balaban J connectivity index is 2.12. The van der Waals surface area contributed by atoms with E-state index in [0.717, 1.165) is 0 Å². The highest BCUT2D eigenvalue weighted by molar-refractivity contribution is 5.89. The molecule has 1 heterocycles. The minimum absolute atomic E-state index is 0.115. The first-order valence-corrected chi connectivity index (χ1v) is 6.89. The van der Waals surface area contributed by atoms with E-state index in [-0.39, 0.29) is 13.0 Å². The molecule has 1 fully saturated rings. The lowest BCUT2D eigenvalue weighted by molar-refractivity contribution is -0.258. The van der Waals surface area contributed by atoms with Gasteiger partial charge in [-0.25, -0.2) is 4.79 Å². The number of hydrogen-bond donors (Lipinski definition) is 2. The lowest BCUT2D eigenvalue weighted by atomic mass is 10.0. The van der Waals surface area contributed by atoms with Gasteiger partial charge in [0.2, 0.25) is 0 Å². The van der Waals surface area contributed by atoms with Gasteiger partial charge in [-0.3, -0.25) is 4.79 Å². The lowest BCUT2D eigenvalue weighted by Gasteiger charge is -2.37. The third-order valence-electron chi connectivity index (χ3n) is 3.25. The summed E-state index contributed by atoms with van der Waals surface area (Å²) in [6.45, 7) is 0.837. The van der Waals surface area contributed by atoms with Gasteiger partial charge in [0.15, 0.2) is 12.4 Å². The summed E-state index contributed by atoms with van der Waals surface area (Å²) in [5.41, 5.74) is 0.339. The Morgan fingerprint density at radius 2 is 1.95 bits per heavy atom. The summed E-state index contributed by atoms with van der Waals surface area (Å²) in [6, 6.07) is 8.31.